The van der Waals surface area contributed by atoms with Crippen LogP contribution in [0, 0.1) is 6.92 Å². The zero-order chi connectivity index (χ0) is 30.6. The Labute approximate surface area is 240 Å². The summed E-state index contributed by atoms with van der Waals surface area (Å²) in [4.78, 5) is 40.4. The Morgan fingerprint density at radius 3 is 1.74 bits per heavy atom. The fraction of sp³-hybridized carbons (Fsp3) is 0.219. The lowest BCUT2D eigenvalue weighted by molar-refractivity contribution is 0.0971. The maximum atomic E-state index is 14.0. The highest BCUT2D eigenvalue weighted by Crippen LogP contribution is 2.53. The minimum absolute atomic E-state index is 0.0293. The maximum absolute atomic E-state index is 14.0. The van der Waals surface area contributed by atoms with Gasteiger partial charge >= 0.3 is 0 Å². The molecule has 216 valence electrons. The molecule has 10 heteroatoms. The second kappa shape index (κ2) is 10.4. The van der Waals surface area contributed by atoms with Crippen molar-refractivity contribution in [1.29, 1.82) is 0 Å². The number of carbonyl (C=O) groups excluding carboxylic acids is 3. The van der Waals surface area contributed by atoms with Crippen LogP contribution < -0.4 is 18.9 Å². The number of benzene rings is 4. The first-order chi connectivity index (χ1) is 20.0. The highest BCUT2D eigenvalue weighted by atomic mass is 16.5. The molecule has 0 spiro atoms. The van der Waals surface area contributed by atoms with Crippen molar-refractivity contribution in [3.8, 4) is 45.6 Å². The van der Waals surface area contributed by atoms with Gasteiger partial charge in [-0.15, -0.1) is 0 Å². The standard InChI is InChI=1S/C32H28O10/c1-13-23(14(2)34)31(37)25-18(8-16(39-3)10-21(25)41-5)24(13)27-19-9-17(40-4)11-22(42-6)26(19)32(38)28-20(35)7-15(12-33)30(36)29(27)28/h7-11,33,37-38H,12H2,1-6H3. The van der Waals surface area contributed by atoms with Crippen LogP contribution in [0.5, 0.6) is 34.5 Å². The summed E-state index contributed by atoms with van der Waals surface area (Å²) in [6.45, 7) is 2.18. The van der Waals surface area contributed by atoms with Crippen LogP contribution in [0.2, 0.25) is 0 Å². The Balaban J connectivity index is 2.19. The van der Waals surface area contributed by atoms with Gasteiger partial charge in [0.2, 0.25) is 0 Å². The highest BCUT2D eigenvalue weighted by Gasteiger charge is 2.36. The van der Waals surface area contributed by atoms with Crippen LogP contribution in [-0.2, 0) is 0 Å². The van der Waals surface area contributed by atoms with Gasteiger partial charge < -0.3 is 34.3 Å². The molecule has 4 aromatic rings. The molecule has 0 fully saturated rings. The van der Waals surface area contributed by atoms with Gasteiger partial charge in [-0.25, -0.2) is 0 Å². The molecule has 0 unspecified atom stereocenters. The lowest BCUT2D eigenvalue weighted by atomic mass is 9.77. The molecule has 0 atom stereocenters. The number of Topliss-reactive ketones (excluding diaryl/α,β-unsaturated/α-hetero) is 2. The van der Waals surface area contributed by atoms with Crippen LogP contribution in [0.25, 0.3) is 32.7 Å². The first-order valence-electron chi connectivity index (χ1n) is 12.8. The number of allylic oxidation sites excluding steroid dienone is 1. The molecule has 0 aromatic heterocycles. The van der Waals surface area contributed by atoms with E-state index in [1.165, 1.54) is 41.4 Å². The quantitative estimate of drug-likeness (QED) is 0.261. The SMILES string of the molecule is COc1cc(OC)c2c(O)c(C(C)=O)c(C)c(-c3c4c(c(O)c5c(OC)cc(OC)cc35)C(=O)C=C(CO)C4=O)c2c1. The van der Waals surface area contributed by atoms with E-state index in [4.69, 9.17) is 18.9 Å². The summed E-state index contributed by atoms with van der Waals surface area (Å²) in [6.07, 6.45) is 0.991. The largest absolute Gasteiger partial charge is 0.506 e. The second-order valence-electron chi connectivity index (χ2n) is 9.78. The third-order valence-corrected chi connectivity index (χ3v) is 7.64. The first-order valence-corrected chi connectivity index (χ1v) is 12.8. The summed E-state index contributed by atoms with van der Waals surface area (Å²) in [7, 11) is 5.67. The third kappa shape index (κ3) is 3.94. The summed E-state index contributed by atoms with van der Waals surface area (Å²) in [5, 5.41) is 33.8. The average Bonchev–Trinajstić information content (AvgIpc) is 2.97. The Morgan fingerprint density at radius 2 is 1.26 bits per heavy atom. The van der Waals surface area contributed by atoms with E-state index >= 15 is 0 Å². The van der Waals surface area contributed by atoms with Gasteiger partial charge in [0.25, 0.3) is 0 Å². The molecule has 0 radical (unpaired) electrons. The van der Waals surface area contributed by atoms with Crippen molar-refractivity contribution in [3.63, 3.8) is 0 Å². The van der Waals surface area contributed by atoms with Crippen LogP contribution in [-0.4, -0.2) is 67.7 Å². The van der Waals surface area contributed by atoms with E-state index in [-0.39, 0.29) is 61.2 Å². The fourth-order valence-corrected chi connectivity index (χ4v) is 5.81. The van der Waals surface area contributed by atoms with E-state index in [1.807, 2.05) is 0 Å². The summed E-state index contributed by atoms with van der Waals surface area (Å²) >= 11 is 0. The third-order valence-electron chi connectivity index (χ3n) is 7.64. The van der Waals surface area contributed by atoms with Crippen molar-refractivity contribution in [2.24, 2.45) is 0 Å². The molecular formula is C32H28O10. The fourth-order valence-electron chi connectivity index (χ4n) is 5.81. The Morgan fingerprint density at radius 1 is 0.738 bits per heavy atom. The van der Waals surface area contributed by atoms with E-state index in [2.05, 4.69) is 0 Å². The zero-order valence-corrected chi connectivity index (χ0v) is 23.8. The number of fused-ring (bicyclic) bond motifs is 3. The first kappa shape index (κ1) is 28.4. The molecule has 1 aliphatic carbocycles. The molecule has 0 saturated heterocycles. The number of rotatable bonds is 7. The number of ether oxygens (including phenoxy) is 4. The van der Waals surface area contributed by atoms with Crippen LogP contribution in [0.1, 0.15) is 43.6 Å². The molecule has 4 aromatic carbocycles. The highest BCUT2D eigenvalue weighted by molar-refractivity contribution is 6.33. The number of phenols is 2. The van der Waals surface area contributed by atoms with Crippen molar-refractivity contribution in [1.82, 2.24) is 0 Å². The van der Waals surface area contributed by atoms with E-state index in [0.29, 0.717) is 28.0 Å². The van der Waals surface area contributed by atoms with Gasteiger partial charge in [0.05, 0.1) is 56.9 Å². The lowest BCUT2D eigenvalue weighted by Crippen LogP contribution is -2.21. The van der Waals surface area contributed by atoms with E-state index in [1.54, 1.807) is 25.1 Å². The molecule has 42 heavy (non-hydrogen) atoms. The zero-order valence-electron chi connectivity index (χ0n) is 23.8. The number of hydrogen-bond donors (Lipinski definition) is 3. The monoisotopic (exact) mass is 572 g/mol. The van der Waals surface area contributed by atoms with Crippen LogP contribution >= 0.6 is 0 Å². The van der Waals surface area contributed by atoms with Crippen LogP contribution in [0.3, 0.4) is 0 Å². The predicted octanol–water partition coefficient (Wildman–Crippen LogP) is 4.91. The summed E-state index contributed by atoms with van der Waals surface area (Å²) < 4.78 is 22.2. The normalized spacial score (nSPS) is 12.8. The van der Waals surface area contributed by atoms with Gasteiger partial charge in [-0.05, 0) is 43.2 Å². The lowest BCUT2D eigenvalue weighted by Gasteiger charge is -2.26. The molecule has 0 aliphatic heterocycles. The summed E-state index contributed by atoms with van der Waals surface area (Å²) in [5.41, 5.74) is 0.0681. The van der Waals surface area contributed by atoms with Crippen molar-refractivity contribution in [2.45, 2.75) is 13.8 Å². The molecule has 1 aliphatic rings. The number of methoxy groups -OCH3 is 4. The van der Waals surface area contributed by atoms with Gasteiger partial charge in [-0.1, -0.05) is 0 Å². The minimum atomic E-state index is -0.723. The van der Waals surface area contributed by atoms with E-state index < -0.39 is 29.7 Å². The maximum Gasteiger partial charge on any atom is 0.193 e. The predicted molar refractivity (Wildman–Crippen MR) is 155 cm³/mol. The number of phenolic OH excluding ortho intramolecular Hbond substituents is 2. The van der Waals surface area contributed by atoms with Crippen molar-refractivity contribution in [2.75, 3.05) is 35.0 Å². The number of carbonyl (C=O) groups is 3. The van der Waals surface area contributed by atoms with E-state index in [9.17, 15) is 29.7 Å². The van der Waals surface area contributed by atoms with E-state index in [0.717, 1.165) is 6.08 Å². The molecule has 0 amide bonds. The summed E-state index contributed by atoms with van der Waals surface area (Å²) in [5.74, 6) is -1.66. The molecule has 0 heterocycles. The smallest absolute Gasteiger partial charge is 0.193 e. The Hall–Kier alpha value is -5.09. The topological polar surface area (TPSA) is 149 Å². The Bertz CT molecular complexity index is 1900. The van der Waals surface area contributed by atoms with Crippen LogP contribution in [0.4, 0.5) is 0 Å². The molecule has 0 bridgehead atoms. The van der Waals surface area contributed by atoms with Gasteiger partial charge in [-0.3, -0.25) is 14.4 Å². The van der Waals surface area contributed by atoms with Gasteiger partial charge in [0.1, 0.15) is 34.5 Å². The minimum Gasteiger partial charge on any atom is -0.506 e. The van der Waals surface area contributed by atoms with Crippen molar-refractivity contribution in [3.05, 3.63) is 58.2 Å². The molecule has 10 nitrogen and oxygen atoms in total. The number of ketones is 3. The molecule has 5 rings (SSSR count). The van der Waals surface area contributed by atoms with Crippen LogP contribution in [0.15, 0.2) is 35.9 Å². The average molecular weight is 573 g/mol. The van der Waals surface area contributed by atoms with Crippen molar-refractivity contribution >= 4 is 38.9 Å². The van der Waals surface area contributed by atoms with Gasteiger partial charge in [0.15, 0.2) is 17.3 Å². The molecular weight excluding hydrogens is 544 g/mol. The van der Waals surface area contributed by atoms with Crippen molar-refractivity contribution < 1.29 is 48.7 Å². The van der Waals surface area contributed by atoms with Gasteiger partial charge in [-0.2, -0.15) is 0 Å². The number of aliphatic hydroxyl groups excluding tert-OH is 1. The Kier molecular flexibility index (Phi) is 7.03. The molecule has 0 saturated carbocycles. The molecule has 3 N–H and O–H groups in total. The number of hydrogen-bond acceptors (Lipinski definition) is 10. The van der Waals surface area contributed by atoms with Gasteiger partial charge in [0, 0.05) is 39.6 Å². The second-order valence-corrected chi connectivity index (χ2v) is 9.78. The summed E-state index contributed by atoms with van der Waals surface area (Å²) in [6, 6.07) is 6.26. The number of aliphatic hydroxyl groups is 1. The number of aromatic hydroxyl groups is 2.